The van der Waals surface area contributed by atoms with Crippen LogP contribution in [0.1, 0.15) is 40.0 Å². The Kier molecular flexibility index (Phi) is 5.05. The number of fused-ring (bicyclic) bond motifs is 1. The molecule has 21 heavy (non-hydrogen) atoms. The number of nitrogens with zero attached hydrogens (tertiary/aromatic N) is 1. The third kappa shape index (κ3) is 3.46. The number of rotatable bonds is 7. The monoisotopic (exact) mass is 289 g/mol. The van der Waals surface area contributed by atoms with Gasteiger partial charge in [0.15, 0.2) is 0 Å². The number of unbranched alkanes of at least 4 members (excludes halogenated alkanes) is 1. The molecule has 0 unspecified atom stereocenters. The zero-order chi connectivity index (χ0) is 15.2. The van der Waals surface area contributed by atoms with E-state index in [0.717, 1.165) is 17.7 Å². The van der Waals surface area contributed by atoms with Crippen molar-refractivity contribution in [3.05, 3.63) is 35.4 Å². The third-order valence-electron chi connectivity index (χ3n) is 3.39. The van der Waals surface area contributed by atoms with Gasteiger partial charge in [0.2, 0.25) is 5.91 Å². The van der Waals surface area contributed by atoms with Crippen molar-refractivity contribution < 1.29 is 14.4 Å². The van der Waals surface area contributed by atoms with Crippen LogP contribution in [0.3, 0.4) is 0 Å². The fraction of sp³-hybridized carbons (Fsp3) is 0.400. The molecule has 0 aliphatic carbocycles. The van der Waals surface area contributed by atoms with Gasteiger partial charge in [-0.3, -0.25) is 19.3 Å². The first kappa shape index (κ1) is 15.2. The van der Waals surface area contributed by atoms with Crippen molar-refractivity contribution in [2.45, 2.75) is 19.3 Å². The Balaban J connectivity index is 1.84. The van der Waals surface area contributed by atoms with E-state index in [9.17, 15) is 14.4 Å². The van der Waals surface area contributed by atoms with Crippen LogP contribution < -0.4 is 11.1 Å². The Bertz CT molecular complexity index is 522. The summed E-state index contributed by atoms with van der Waals surface area (Å²) >= 11 is 0. The lowest BCUT2D eigenvalue weighted by atomic mass is 10.1. The van der Waals surface area contributed by atoms with Gasteiger partial charge in [-0.2, -0.15) is 0 Å². The first-order valence-electron chi connectivity index (χ1n) is 7.07. The molecule has 1 heterocycles. The van der Waals surface area contributed by atoms with Crippen LogP contribution in [0.5, 0.6) is 0 Å². The standard InChI is InChI=1S/C15H19N3O3/c16-8-3-4-9-17-13(19)7-10-18-14(20)11-5-1-2-6-12(11)15(18)21/h1-2,5-6H,3-4,7-10,16H2,(H,17,19). The van der Waals surface area contributed by atoms with Gasteiger partial charge in [-0.1, -0.05) is 12.1 Å². The maximum Gasteiger partial charge on any atom is 0.261 e. The average Bonchev–Trinajstić information content (AvgIpc) is 2.74. The Morgan fingerprint density at radius 1 is 1.10 bits per heavy atom. The van der Waals surface area contributed by atoms with Crippen molar-refractivity contribution in [3.63, 3.8) is 0 Å². The molecule has 1 aliphatic rings. The van der Waals surface area contributed by atoms with Gasteiger partial charge in [-0.25, -0.2) is 0 Å². The van der Waals surface area contributed by atoms with Crippen LogP contribution in [0, 0.1) is 0 Å². The summed E-state index contributed by atoms with van der Waals surface area (Å²) in [5.41, 5.74) is 6.18. The molecule has 3 N–H and O–H groups in total. The lowest BCUT2D eigenvalue weighted by molar-refractivity contribution is -0.121. The van der Waals surface area contributed by atoms with E-state index in [0.29, 0.717) is 24.2 Å². The first-order chi connectivity index (χ1) is 10.1. The van der Waals surface area contributed by atoms with Crippen LogP contribution in [0.4, 0.5) is 0 Å². The topological polar surface area (TPSA) is 92.5 Å². The summed E-state index contributed by atoms with van der Waals surface area (Å²) in [7, 11) is 0. The molecule has 0 atom stereocenters. The van der Waals surface area contributed by atoms with E-state index in [1.54, 1.807) is 24.3 Å². The van der Waals surface area contributed by atoms with Crippen LogP contribution >= 0.6 is 0 Å². The van der Waals surface area contributed by atoms with Gasteiger partial charge < -0.3 is 11.1 Å². The van der Waals surface area contributed by atoms with E-state index < -0.39 is 0 Å². The molecule has 0 spiro atoms. The molecule has 6 nitrogen and oxygen atoms in total. The Hall–Kier alpha value is -2.21. The highest BCUT2D eigenvalue weighted by atomic mass is 16.2. The van der Waals surface area contributed by atoms with Crippen LogP contribution in [0.25, 0.3) is 0 Å². The Labute approximate surface area is 123 Å². The Morgan fingerprint density at radius 3 is 2.29 bits per heavy atom. The molecule has 0 saturated heterocycles. The molecule has 0 radical (unpaired) electrons. The van der Waals surface area contributed by atoms with Gasteiger partial charge in [-0.05, 0) is 31.5 Å². The van der Waals surface area contributed by atoms with Gasteiger partial charge in [-0.15, -0.1) is 0 Å². The summed E-state index contributed by atoms with van der Waals surface area (Å²) in [6.07, 6.45) is 1.81. The number of imide groups is 1. The van der Waals surface area contributed by atoms with Gasteiger partial charge in [0.25, 0.3) is 11.8 Å². The predicted octanol–water partition coefficient (Wildman–Crippen LogP) is 0.528. The fourth-order valence-electron chi connectivity index (χ4n) is 2.24. The van der Waals surface area contributed by atoms with Crippen molar-refractivity contribution >= 4 is 17.7 Å². The smallest absolute Gasteiger partial charge is 0.261 e. The van der Waals surface area contributed by atoms with Crippen molar-refractivity contribution in [3.8, 4) is 0 Å². The van der Waals surface area contributed by atoms with Crippen molar-refractivity contribution in [1.82, 2.24) is 10.2 Å². The number of nitrogens with one attached hydrogen (secondary N) is 1. The van der Waals surface area contributed by atoms with Crippen LogP contribution in [0.2, 0.25) is 0 Å². The predicted molar refractivity (Wildman–Crippen MR) is 77.7 cm³/mol. The van der Waals surface area contributed by atoms with E-state index in [-0.39, 0.29) is 30.7 Å². The molecule has 3 amide bonds. The minimum absolute atomic E-state index is 0.106. The zero-order valence-electron chi connectivity index (χ0n) is 11.8. The molecular formula is C15H19N3O3. The maximum atomic E-state index is 12.1. The molecule has 0 saturated carbocycles. The largest absolute Gasteiger partial charge is 0.356 e. The summed E-state index contributed by atoms with van der Waals surface area (Å²) in [4.78, 5) is 36.9. The second-order valence-corrected chi connectivity index (χ2v) is 4.90. The highest BCUT2D eigenvalue weighted by Gasteiger charge is 2.34. The lowest BCUT2D eigenvalue weighted by Crippen LogP contribution is -2.34. The van der Waals surface area contributed by atoms with Gasteiger partial charge in [0, 0.05) is 19.5 Å². The molecule has 2 rings (SSSR count). The summed E-state index contributed by atoms with van der Waals surface area (Å²) in [6, 6.07) is 6.69. The average molecular weight is 289 g/mol. The Morgan fingerprint density at radius 2 is 1.71 bits per heavy atom. The molecule has 0 aromatic heterocycles. The minimum Gasteiger partial charge on any atom is -0.356 e. The number of carbonyl (C=O) groups excluding carboxylic acids is 3. The van der Waals surface area contributed by atoms with Crippen molar-refractivity contribution in [2.75, 3.05) is 19.6 Å². The van der Waals surface area contributed by atoms with Gasteiger partial charge in [0.05, 0.1) is 11.1 Å². The van der Waals surface area contributed by atoms with E-state index in [1.165, 1.54) is 0 Å². The van der Waals surface area contributed by atoms with Gasteiger partial charge in [0.1, 0.15) is 0 Å². The number of hydrogen-bond donors (Lipinski definition) is 2. The first-order valence-corrected chi connectivity index (χ1v) is 7.07. The summed E-state index contributed by atoms with van der Waals surface area (Å²) in [6.45, 7) is 1.28. The molecule has 6 heteroatoms. The fourth-order valence-corrected chi connectivity index (χ4v) is 2.24. The zero-order valence-corrected chi connectivity index (χ0v) is 11.8. The number of carbonyl (C=O) groups is 3. The SMILES string of the molecule is NCCCCNC(=O)CCN1C(=O)c2ccccc2C1=O. The van der Waals surface area contributed by atoms with E-state index in [4.69, 9.17) is 5.73 Å². The van der Waals surface area contributed by atoms with Gasteiger partial charge >= 0.3 is 0 Å². The highest BCUT2D eigenvalue weighted by molar-refractivity contribution is 6.21. The number of nitrogens with two attached hydrogens (primary N) is 1. The number of hydrogen-bond acceptors (Lipinski definition) is 4. The van der Waals surface area contributed by atoms with Crippen LogP contribution in [-0.2, 0) is 4.79 Å². The van der Waals surface area contributed by atoms with E-state index in [1.807, 2.05) is 0 Å². The van der Waals surface area contributed by atoms with Crippen LogP contribution in [-0.4, -0.2) is 42.3 Å². The number of benzene rings is 1. The van der Waals surface area contributed by atoms with Crippen LogP contribution in [0.15, 0.2) is 24.3 Å². The molecule has 1 aromatic rings. The molecule has 1 aliphatic heterocycles. The quantitative estimate of drug-likeness (QED) is 0.565. The second-order valence-electron chi connectivity index (χ2n) is 4.90. The molecule has 1 aromatic carbocycles. The second kappa shape index (κ2) is 6.99. The van der Waals surface area contributed by atoms with E-state index in [2.05, 4.69) is 5.32 Å². The van der Waals surface area contributed by atoms with E-state index >= 15 is 0 Å². The summed E-state index contributed by atoms with van der Waals surface area (Å²) in [5.74, 6) is -0.818. The van der Waals surface area contributed by atoms with Crippen molar-refractivity contribution in [1.29, 1.82) is 0 Å². The number of amides is 3. The molecule has 112 valence electrons. The molecule has 0 fully saturated rings. The summed E-state index contributed by atoms with van der Waals surface area (Å²) < 4.78 is 0. The molecule has 0 bridgehead atoms. The highest BCUT2D eigenvalue weighted by Crippen LogP contribution is 2.22. The maximum absolute atomic E-state index is 12.1. The molecular weight excluding hydrogens is 270 g/mol. The lowest BCUT2D eigenvalue weighted by Gasteiger charge is -2.13. The van der Waals surface area contributed by atoms with Crippen molar-refractivity contribution in [2.24, 2.45) is 5.73 Å². The summed E-state index contributed by atoms with van der Waals surface area (Å²) in [5, 5.41) is 2.75. The third-order valence-corrected chi connectivity index (χ3v) is 3.39. The normalized spacial score (nSPS) is 13.5. The minimum atomic E-state index is -0.327.